The summed E-state index contributed by atoms with van der Waals surface area (Å²) in [6, 6.07) is 4.24. The standard InChI is InChI=1S/C11H17NO2.ClH/c1-11(2,3)10(12)8-5-4-7(13)6-9(8)14;/h4-6,10,13-14H,12H2,1-3H3;1H/t10-;/m1./s1. The first kappa shape index (κ1) is 14.1. The molecule has 0 aliphatic heterocycles. The van der Waals surface area contributed by atoms with Gasteiger partial charge in [0, 0.05) is 17.7 Å². The van der Waals surface area contributed by atoms with Gasteiger partial charge in [0.15, 0.2) is 0 Å². The number of phenols is 2. The summed E-state index contributed by atoms with van der Waals surface area (Å²) in [5.74, 6) is 0.0970. The van der Waals surface area contributed by atoms with Crippen molar-refractivity contribution in [3.8, 4) is 11.5 Å². The van der Waals surface area contributed by atoms with Crippen LogP contribution in [0.4, 0.5) is 0 Å². The SMILES string of the molecule is CC(C)(C)[C@H](N)c1ccc(O)cc1O.Cl. The lowest BCUT2D eigenvalue weighted by Crippen LogP contribution is -2.26. The van der Waals surface area contributed by atoms with Crippen molar-refractivity contribution in [1.29, 1.82) is 0 Å². The number of phenolic OH excluding ortho intramolecular Hbond substituents is 2. The minimum atomic E-state index is -0.247. The van der Waals surface area contributed by atoms with E-state index in [4.69, 9.17) is 10.8 Å². The van der Waals surface area contributed by atoms with Crippen LogP contribution in [0.15, 0.2) is 18.2 Å². The maximum atomic E-state index is 9.59. The molecule has 0 aromatic heterocycles. The van der Waals surface area contributed by atoms with Gasteiger partial charge in [-0.2, -0.15) is 0 Å². The lowest BCUT2D eigenvalue weighted by Gasteiger charge is -2.27. The second kappa shape index (κ2) is 4.73. The predicted molar refractivity (Wildman–Crippen MR) is 63.4 cm³/mol. The van der Waals surface area contributed by atoms with Crippen molar-refractivity contribution in [3.05, 3.63) is 23.8 Å². The zero-order chi connectivity index (χ0) is 10.9. The van der Waals surface area contributed by atoms with E-state index >= 15 is 0 Å². The molecule has 3 nitrogen and oxygen atoms in total. The van der Waals surface area contributed by atoms with Crippen LogP contribution in [0.1, 0.15) is 32.4 Å². The Kier molecular flexibility index (Phi) is 4.43. The average molecular weight is 232 g/mol. The van der Waals surface area contributed by atoms with Crippen LogP contribution in [-0.2, 0) is 0 Å². The molecule has 0 radical (unpaired) electrons. The second-order valence-corrected chi connectivity index (χ2v) is 4.59. The molecule has 0 aliphatic carbocycles. The third-order valence-corrected chi connectivity index (χ3v) is 2.28. The number of aromatic hydroxyl groups is 2. The van der Waals surface area contributed by atoms with E-state index < -0.39 is 0 Å². The largest absolute Gasteiger partial charge is 0.508 e. The minimum Gasteiger partial charge on any atom is -0.508 e. The fourth-order valence-corrected chi connectivity index (χ4v) is 1.26. The van der Waals surface area contributed by atoms with Crippen LogP contribution in [0, 0.1) is 5.41 Å². The molecule has 0 saturated carbocycles. The predicted octanol–water partition coefficient (Wildman–Crippen LogP) is 2.57. The molecule has 0 heterocycles. The molecule has 0 unspecified atom stereocenters. The Bertz CT molecular complexity index is 334. The molecule has 0 fully saturated rings. The normalized spacial score (nSPS) is 13.1. The van der Waals surface area contributed by atoms with Gasteiger partial charge >= 0.3 is 0 Å². The van der Waals surface area contributed by atoms with E-state index in [0.29, 0.717) is 5.56 Å². The molecular formula is C11H18ClNO2. The Balaban J connectivity index is 0.00000196. The fraction of sp³-hybridized carbons (Fsp3) is 0.455. The number of hydrogen-bond donors (Lipinski definition) is 3. The molecule has 4 N–H and O–H groups in total. The van der Waals surface area contributed by atoms with Gasteiger partial charge < -0.3 is 15.9 Å². The van der Waals surface area contributed by atoms with Crippen molar-refractivity contribution in [1.82, 2.24) is 0 Å². The molecule has 0 amide bonds. The molecule has 4 heteroatoms. The lowest BCUT2D eigenvalue weighted by molar-refractivity contribution is 0.317. The number of hydrogen-bond acceptors (Lipinski definition) is 3. The van der Waals surface area contributed by atoms with Gasteiger partial charge in [0.2, 0.25) is 0 Å². The Morgan fingerprint density at radius 3 is 2.13 bits per heavy atom. The quantitative estimate of drug-likeness (QED) is 0.696. The maximum absolute atomic E-state index is 9.59. The van der Waals surface area contributed by atoms with Crippen molar-refractivity contribution in [2.75, 3.05) is 0 Å². The summed E-state index contributed by atoms with van der Waals surface area (Å²) in [5.41, 5.74) is 6.53. The van der Waals surface area contributed by atoms with E-state index in [0.717, 1.165) is 0 Å². The monoisotopic (exact) mass is 231 g/mol. The van der Waals surface area contributed by atoms with Crippen molar-refractivity contribution < 1.29 is 10.2 Å². The van der Waals surface area contributed by atoms with Crippen LogP contribution in [0.3, 0.4) is 0 Å². The van der Waals surface area contributed by atoms with Crippen LogP contribution in [0.5, 0.6) is 11.5 Å². The van der Waals surface area contributed by atoms with E-state index in [1.165, 1.54) is 12.1 Å². The summed E-state index contributed by atoms with van der Waals surface area (Å²) in [6.45, 7) is 6.01. The van der Waals surface area contributed by atoms with Gasteiger partial charge in [0.05, 0.1) is 0 Å². The molecule has 1 aromatic rings. The van der Waals surface area contributed by atoms with Gasteiger partial charge in [0.25, 0.3) is 0 Å². The third-order valence-electron chi connectivity index (χ3n) is 2.28. The fourth-order valence-electron chi connectivity index (χ4n) is 1.26. The van der Waals surface area contributed by atoms with Crippen molar-refractivity contribution in [2.24, 2.45) is 11.1 Å². The lowest BCUT2D eigenvalue weighted by atomic mass is 9.83. The molecule has 0 saturated heterocycles. The molecule has 1 aromatic carbocycles. The van der Waals surface area contributed by atoms with E-state index in [1.807, 2.05) is 20.8 Å². The van der Waals surface area contributed by atoms with Crippen LogP contribution >= 0.6 is 12.4 Å². The molecule has 1 atom stereocenters. The van der Waals surface area contributed by atoms with E-state index in [1.54, 1.807) is 6.07 Å². The average Bonchev–Trinajstić information content (AvgIpc) is 2.01. The first-order valence-corrected chi connectivity index (χ1v) is 4.60. The van der Waals surface area contributed by atoms with Crippen LogP contribution in [0.25, 0.3) is 0 Å². The number of benzene rings is 1. The highest BCUT2D eigenvalue weighted by atomic mass is 35.5. The highest BCUT2D eigenvalue weighted by Gasteiger charge is 2.24. The van der Waals surface area contributed by atoms with E-state index in [9.17, 15) is 5.11 Å². The molecule has 15 heavy (non-hydrogen) atoms. The molecule has 0 spiro atoms. The molecule has 0 aliphatic rings. The zero-order valence-corrected chi connectivity index (χ0v) is 10.0. The minimum absolute atomic E-state index is 0. The maximum Gasteiger partial charge on any atom is 0.124 e. The highest BCUT2D eigenvalue weighted by molar-refractivity contribution is 5.85. The Hall–Kier alpha value is -0.930. The highest BCUT2D eigenvalue weighted by Crippen LogP contribution is 2.36. The zero-order valence-electron chi connectivity index (χ0n) is 9.19. The molecule has 0 bridgehead atoms. The van der Waals surface area contributed by atoms with Crippen LogP contribution < -0.4 is 5.73 Å². The first-order chi connectivity index (χ1) is 6.32. The summed E-state index contributed by atoms with van der Waals surface area (Å²) in [4.78, 5) is 0. The topological polar surface area (TPSA) is 66.5 Å². The van der Waals surface area contributed by atoms with Crippen molar-refractivity contribution in [3.63, 3.8) is 0 Å². The van der Waals surface area contributed by atoms with Crippen molar-refractivity contribution in [2.45, 2.75) is 26.8 Å². The summed E-state index contributed by atoms with van der Waals surface area (Å²) in [7, 11) is 0. The Labute approximate surface area is 96.3 Å². The Morgan fingerprint density at radius 1 is 1.20 bits per heavy atom. The number of halogens is 1. The van der Waals surface area contributed by atoms with Crippen LogP contribution in [0.2, 0.25) is 0 Å². The smallest absolute Gasteiger partial charge is 0.124 e. The summed E-state index contributed by atoms with van der Waals surface area (Å²) in [5, 5.41) is 18.7. The molecule has 1 rings (SSSR count). The summed E-state index contributed by atoms with van der Waals surface area (Å²) in [6.07, 6.45) is 0. The van der Waals surface area contributed by atoms with Gasteiger partial charge in [-0.1, -0.05) is 26.8 Å². The summed E-state index contributed by atoms with van der Waals surface area (Å²) < 4.78 is 0. The molecular weight excluding hydrogens is 214 g/mol. The van der Waals surface area contributed by atoms with Gasteiger partial charge in [-0.05, 0) is 11.5 Å². The van der Waals surface area contributed by atoms with Gasteiger partial charge in [-0.25, -0.2) is 0 Å². The Morgan fingerprint density at radius 2 is 1.73 bits per heavy atom. The van der Waals surface area contributed by atoms with Gasteiger partial charge in [-0.15, -0.1) is 12.4 Å². The van der Waals surface area contributed by atoms with Crippen molar-refractivity contribution >= 4 is 12.4 Å². The molecule has 86 valence electrons. The first-order valence-electron chi connectivity index (χ1n) is 4.60. The van der Waals surface area contributed by atoms with E-state index in [2.05, 4.69) is 0 Å². The third kappa shape index (κ3) is 3.29. The second-order valence-electron chi connectivity index (χ2n) is 4.59. The number of rotatable bonds is 1. The number of nitrogens with two attached hydrogens (primary N) is 1. The van der Waals surface area contributed by atoms with E-state index in [-0.39, 0.29) is 35.4 Å². The summed E-state index contributed by atoms with van der Waals surface area (Å²) >= 11 is 0. The van der Waals surface area contributed by atoms with Crippen LogP contribution in [-0.4, -0.2) is 10.2 Å². The van der Waals surface area contributed by atoms with Gasteiger partial charge in [0.1, 0.15) is 11.5 Å². The van der Waals surface area contributed by atoms with Gasteiger partial charge in [-0.3, -0.25) is 0 Å².